The number of hydrogen-bond donors (Lipinski definition) is 1. The third-order valence-electron chi connectivity index (χ3n) is 9.98. The summed E-state index contributed by atoms with van der Waals surface area (Å²) in [7, 11) is 0. The van der Waals surface area contributed by atoms with Gasteiger partial charge >= 0.3 is 0 Å². The lowest BCUT2D eigenvalue weighted by Crippen LogP contribution is -2.60. The Morgan fingerprint density at radius 2 is 1.82 bits per heavy atom. The number of anilines is 1. The molecule has 2 bridgehead atoms. The lowest BCUT2D eigenvalue weighted by Gasteiger charge is -2.42. The standard InChI is InChI=1S/C34H46BrN3O6/c1-5-18-36(24-14-16-25(17-15-24)43-8-4)31(40)27-28-32(41)38(22(7-3)21-39)30(34(28)20-26(35)29(27)44-34)33(42)37(19-6-2)23-12-10-9-11-13-23/h5-6,14-17,22-23,26-30,39H,1-2,7-13,18-21H2,3-4H3/t22-,26?,27-,28-,29-,30?,34?/m0/s1. The average molecular weight is 673 g/mol. The second-order valence-electron chi connectivity index (χ2n) is 12.4. The molecule has 240 valence electrons. The van der Waals surface area contributed by atoms with Crippen molar-refractivity contribution in [1.29, 1.82) is 0 Å². The van der Waals surface area contributed by atoms with Gasteiger partial charge in [-0.1, -0.05) is 54.3 Å². The first kappa shape index (κ1) is 32.7. The fourth-order valence-electron chi connectivity index (χ4n) is 8.06. The van der Waals surface area contributed by atoms with Crippen molar-refractivity contribution in [2.75, 3.05) is 31.2 Å². The number of benzene rings is 1. The molecule has 0 aromatic heterocycles. The second kappa shape index (κ2) is 13.7. The maximum absolute atomic E-state index is 14.8. The molecule has 44 heavy (non-hydrogen) atoms. The lowest BCUT2D eigenvalue weighted by molar-refractivity contribution is -0.153. The number of aliphatic hydroxyl groups excluding tert-OH is 1. The molecule has 7 atom stereocenters. The molecule has 1 spiro atoms. The number of aliphatic hydroxyl groups is 1. The minimum Gasteiger partial charge on any atom is -0.494 e. The number of amides is 3. The van der Waals surface area contributed by atoms with Crippen LogP contribution in [-0.2, 0) is 19.1 Å². The Labute approximate surface area is 269 Å². The summed E-state index contributed by atoms with van der Waals surface area (Å²) in [5.74, 6) is -1.69. The first-order valence-electron chi connectivity index (χ1n) is 16.1. The first-order valence-corrected chi connectivity index (χ1v) is 17.0. The van der Waals surface area contributed by atoms with Crippen molar-refractivity contribution in [2.45, 2.75) is 93.5 Å². The Bertz CT molecular complexity index is 1230. The molecule has 1 aliphatic carbocycles. The zero-order valence-electron chi connectivity index (χ0n) is 25.9. The van der Waals surface area contributed by atoms with E-state index in [0.29, 0.717) is 37.4 Å². The number of nitrogens with zero attached hydrogens (tertiary/aromatic N) is 3. The third-order valence-corrected chi connectivity index (χ3v) is 10.8. The van der Waals surface area contributed by atoms with Crippen LogP contribution >= 0.6 is 15.9 Å². The summed E-state index contributed by atoms with van der Waals surface area (Å²) in [6.07, 6.45) is 8.74. The summed E-state index contributed by atoms with van der Waals surface area (Å²) in [5, 5.41) is 10.4. The molecule has 1 N–H and O–H groups in total. The van der Waals surface area contributed by atoms with Gasteiger partial charge in [0.2, 0.25) is 17.7 Å². The van der Waals surface area contributed by atoms with Crippen molar-refractivity contribution < 1.29 is 29.0 Å². The van der Waals surface area contributed by atoms with Gasteiger partial charge in [0, 0.05) is 29.6 Å². The molecule has 9 nitrogen and oxygen atoms in total. The van der Waals surface area contributed by atoms with E-state index in [-0.39, 0.29) is 41.7 Å². The van der Waals surface area contributed by atoms with E-state index >= 15 is 0 Å². The van der Waals surface area contributed by atoms with Gasteiger partial charge in [-0.05, 0) is 56.9 Å². The van der Waals surface area contributed by atoms with Crippen molar-refractivity contribution in [2.24, 2.45) is 11.8 Å². The third kappa shape index (κ3) is 5.51. The molecule has 3 aliphatic heterocycles. The van der Waals surface area contributed by atoms with Crippen molar-refractivity contribution in [3.8, 4) is 5.75 Å². The molecular weight excluding hydrogens is 626 g/mol. The zero-order chi connectivity index (χ0) is 31.6. The molecule has 0 radical (unpaired) electrons. The normalized spacial score (nSPS) is 30.1. The summed E-state index contributed by atoms with van der Waals surface area (Å²) < 4.78 is 12.4. The van der Waals surface area contributed by atoms with Crippen LogP contribution in [-0.4, -0.2) is 93.6 Å². The smallest absolute Gasteiger partial charge is 0.248 e. The molecule has 5 rings (SSSR count). The molecule has 4 fully saturated rings. The number of likely N-dealkylation sites (tertiary alicyclic amines) is 1. The molecule has 10 heteroatoms. The Balaban J connectivity index is 1.56. The fraction of sp³-hybridized carbons (Fsp3) is 0.618. The van der Waals surface area contributed by atoms with Crippen LogP contribution in [0, 0.1) is 11.8 Å². The van der Waals surface area contributed by atoms with Gasteiger partial charge in [-0.2, -0.15) is 0 Å². The number of carbonyl (C=O) groups excluding carboxylic acids is 3. The highest BCUT2D eigenvalue weighted by Crippen LogP contribution is 2.61. The van der Waals surface area contributed by atoms with Gasteiger partial charge in [0.05, 0.1) is 37.2 Å². The maximum Gasteiger partial charge on any atom is 0.248 e. The average Bonchev–Trinajstić information content (AvgIpc) is 3.63. The number of halogens is 1. The monoisotopic (exact) mass is 671 g/mol. The predicted octanol–water partition coefficient (Wildman–Crippen LogP) is 4.47. The predicted molar refractivity (Wildman–Crippen MR) is 173 cm³/mol. The van der Waals surface area contributed by atoms with Gasteiger partial charge in [-0.25, -0.2) is 0 Å². The van der Waals surface area contributed by atoms with Gasteiger partial charge in [0.1, 0.15) is 17.4 Å². The quantitative estimate of drug-likeness (QED) is 0.245. The molecule has 4 aliphatic rings. The molecular formula is C34H46BrN3O6. The van der Waals surface area contributed by atoms with E-state index in [9.17, 15) is 19.5 Å². The van der Waals surface area contributed by atoms with Gasteiger partial charge in [-0.3, -0.25) is 14.4 Å². The Morgan fingerprint density at radius 3 is 2.41 bits per heavy atom. The van der Waals surface area contributed by atoms with Crippen LogP contribution in [0.1, 0.15) is 58.8 Å². The van der Waals surface area contributed by atoms with Gasteiger partial charge in [-0.15, -0.1) is 13.2 Å². The molecule has 3 amide bonds. The summed E-state index contributed by atoms with van der Waals surface area (Å²) >= 11 is 3.79. The van der Waals surface area contributed by atoms with E-state index < -0.39 is 35.6 Å². The Morgan fingerprint density at radius 1 is 1.14 bits per heavy atom. The minimum atomic E-state index is -1.19. The van der Waals surface area contributed by atoms with E-state index in [1.54, 1.807) is 22.0 Å². The fourth-order valence-corrected chi connectivity index (χ4v) is 9.01. The van der Waals surface area contributed by atoms with Crippen LogP contribution < -0.4 is 9.64 Å². The zero-order valence-corrected chi connectivity index (χ0v) is 27.5. The maximum atomic E-state index is 14.8. The number of alkyl halides is 1. The molecule has 3 saturated heterocycles. The second-order valence-corrected chi connectivity index (χ2v) is 13.6. The molecule has 3 heterocycles. The highest BCUT2D eigenvalue weighted by Gasteiger charge is 2.77. The van der Waals surface area contributed by atoms with Crippen LogP contribution in [0.3, 0.4) is 0 Å². The molecule has 1 aromatic carbocycles. The van der Waals surface area contributed by atoms with Crippen molar-refractivity contribution in [3.05, 3.63) is 49.6 Å². The summed E-state index contributed by atoms with van der Waals surface area (Å²) in [6, 6.07) is 5.82. The van der Waals surface area contributed by atoms with Crippen molar-refractivity contribution in [3.63, 3.8) is 0 Å². The van der Waals surface area contributed by atoms with Crippen LogP contribution in [0.5, 0.6) is 5.75 Å². The topological polar surface area (TPSA) is 99.6 Å². The van der Waals surface area contributed by atoms with Crippen molar-refractivity contribution in [1.82, 2.24) is 9.80 Å². The van der Waals surface area contributed by atoms with Crippen LogP contribution in [0.15, 0.2) is 49.6 Å². The summed E-state index contributed by atoms with van der Waals surface area (Å²) in [6.45, 7) is 12.5. The van der Waals surface area contributed by atoms with E-state index in [0.717, 1.165) is 32.1 Å². The lowest BCUT2D eigenvalue weighted by atomic mass is 9.70. The van der Waals surface area contributed by atoms with Crippen LogP contribution in [0.25, 0.3) is 0 Å². The van der Waals surface area contributed by atoms with Crippen LogP contribution in [0.2, 0.25) is 0 Å². The molecule has 3 unspecified atom stereocenters. The van der Waals surface area contributed by atoms with Gasteiger partial charge in [0.25, 0.3) is 0 Å². The number of carbonyl (C=O) groups is 3. The highest BCUT2D eigenvalue weighted by atomic mass is 79.9. The Kier molecular flexibility index (Phi) is 10.2. The number of hydrogen-bond acceptors (Lipinski definition) is 6. The highest BCUT2D eigenvalue weighted by molar-refractivity contribution is 9.09. The van der Waals surface area contributed by atoms with E-state index in [4.69, 9.17) is 9.47 Å². The van der Waals surface area contributed by atoms with Gasteiger partial charge in [0.15, 0.2) is 0 Å². The van der Waals surface area contributed by atoms with E-state index in [1.807, 2.05) is 43.0 Å². The largest absolute Gasteiger partial charge is 0.494 e. The van der Waals surface area contributed by atoms with Gasteiger partial charge < -0.3 is 29.3 Å². The number of fused-ring (bicyclic) bond motifs is 1. The number of rotatable bonds is 13. The van der Waals surface area contributed by atoms with Crippen LogP contribution in [0.4, 0.5) is 5.69 Å². The molecule has 1 aromatic rings. The summed E-state index contributed by atoms with van der Waals surface area (Å²) in [5.41, 5.74) is -0.532. The summed E-state index contributed by atoms with van der Waals surface area (Å²) in [4.78, 5) is 48.8. The minimum absolute atomic E-state index is 0.0504. The van der Waals surface area contributed by atoms with E-state index in [1.165, 1.54) is 0 Å². The first-order chi connectivity index (χ1) is 21.3. The number of ether oxygens (including phenoxy) is 2. The Hall–Kier alpha value is -2.69. The molecule has 1 saturated carbocycles. The van der Waals surface area contributed by atoms with E-state index in [2.05, 4.69) is 29.1 Å². The SMILES string of the molecule is C=CCN(C(=O)[C@H]1[C@H]2C(=O)N([C@@H](CC)CO)C(C(=O)N(CC=C)C3CCCCC3)C23CC(Br)[C@@H]1O3)c1ccc(OCC)cc1. The van der Waals surface area contributed by atoms with Crippen molar-refractivity contribution >= 4 is 39.3 Å².